The van der Waals surface area contributed by atoms with Crippen molar-refractivity contribution in [2.45, 2.75) is 24.8 Å². The Morgan fingerprint density at radius 3 is 2.34 bits per heavy atom. The molecule has 3 aromatic carbocycles. The summed E-state index contributed by atoms with van der Waals surface area (Å²) in [4.78, 5) is 22.3. The van der Waals surface area contributed by atoms with Crippen LogP contribution in [0.4, 0.5) is 5.13 Å². The van der Waals surface area contributed by atoms with Crippen LogP contribution in [-0.2, 0) is 16.6 Å². The van der Waals surface area contributed by atoms with Gasteiger partial charge in [0.15, 0.2) is 5.13 Å². The van der Waals surface area contributed by atoms with E-state index >= 15 is 0 Å². The molecule has 1 heterocycles. The molecule has 1 aromatic heterocycles. The van der Waals surface area contributed by atoms with Crippen LogP contribution in [0.25, 0.3) is 10.2 Å². The SMILES string of the molecule is CCN(Cc1ccccc1)S(=O)(=O)c1ccc(C(=O)N(CCCN(C)C)c2nc3ccc(Br)cc3s2)cc1. The summed E-state index contributed by atoms with van der Waals surface area (Å²) in [5.41, 5.74) is 2.17. The second-order valence-electron chi connectivity index (χ2n) is 9.16. The van der Waals surface area contributed by atoms with Gasteiger partial charge >= 0.3 is 0 Å². The lowest BCUT2D eigenvalue weighted by Crippen LogP contribution is -2.33. The van der Waals surface area contributed by atoms with E-state index in [9.17, 15) is 13.2 Å². The highest BCUT2D eigenvalue weighted by Gasteiger charge is 2.25. The zero-order chi connectivity index (χ0) is 27.3. The summed E-state index contributed by atoms with van der Waals surface area (Å²) < 4.78 is 30.1. The van der Waals surface area contributed by atoms with Gasteiger partial charge in [0.2, 0.25) is 10.0 Å². The summed E-state index contributed by atoms with van der Waals surface area (Å²) in [6.07, 6.45) is 0.774. The van der Waals surface area contributed by atoms with Gasteiger partial charge in [0, 0.05) is 29.7 Å². The Hall–Kier alpha value is -2.63. The fourth-order valence-corrected chi connectivity index (χ4v) is 7.04. The first-order valence-electron chi connectivity index (χ1n) is 12.4. The largest absolute Gasteiger partial charge is 0.309 e. The van der Waals surface area contributed by atoms with E-state index in [1.807, 2.05) is 69.6 Å². The first-order valence-corrected chi connectivity index (χ1v) is 15.4. The molecule has 0 saturated heterocycles. The van der Waals surface area contributed by atoms with Crippen LogP contribution in [-0.4, -0.2) is 62.2 Å². The number of halogens is 1. The van der Waals surface area contributed by atoms with Crippen LogP contribution in [0.15, 0.2) is 82.2 Å². The number of hydrogen-bond donors (Lipinski definition) is 0. The molecule has 4 aromatic rings. The first-order chi connectivity index (χ1) is 18.2. The fourth-order valence-electron chi connectivity index (χ4n) is 4.06. The van der Waals surface area contributed by atoms with Gasteiger partial charge < -0.3 is 4.90 Å². The van der Waals surface area contributed by atoms with Crippen molar-refractivity contribution < 1.29 is 13.2 Å². The quantitative estimate of drug-likeness (QED) is 0.211. The van der Waals surface area contributed by atoms with E-state index in [-0.39, 0.29) is 17.3 Å². The van der Waals surface area contributed by atoms with Gasteiger partial charge in [0.1, 0.15) is 0 Å². The van der Waals surface area contributed by atoms with Gasteiger partial charge in [-0.05, 0) is 75.1 Å². The minimum absolute atomic E-state index is 0.163. The third-order valence-corrected chi connectivity index (χ3v) is 9.57. The summed E-state index contributed by atoms with van der Waals surface area (Å²) in [6.45, 7) is 3.77. The van der Waals surface area contributed by atoms with Crippen molar-refractivity contribution >= 4 is 58.5 Å². The molecule has 1 amide bonds. The third kappa shape index (κ3) is 6.68. The van der Waals surface area contributed by atoms with E-state index in [0.717, 1.165) is 33.2 Å². The molecular formula is C28H31BrN4O3S2. The number of benzene rings is 3. The number of rotatable bonds is 11. The van der Waals surface area contributed by atoms with Crippen LogP contribution in [0.1, 0.15) is 29.3 Å². The van der Waals surface area contributed by atoms with Gasteiger partial charge in [-0.25, -0.2) is 13.4 Å². The number of carbonyl (C=O) groups excluding carboxylic acids is 1. The molecule has 0 spiro atoms. The van der Waals surface area contributed by atoms with E-state index < -0.39 is 10.0 Å². The maximum atomic E-state index is 13.7. The van der Waals surface area contributed by atoms with Crippen molar-refractivity contribution in [3.8, 4) is 0 Å². The lowest BCUT2D eigenvalue weighted by atomic mass is 10.2. The molecule has 0 N–H and O–H groups in total. The van der Waals surface area contributed by atoms with Crippen LogP contribution < -0.4 is 4.90 Å². The molecule has 0 fully saturated rings. The highest BCUT2D eigenvalue weighted by Crippen LogP contribution is 2.32. The van der Waals surface area contributed by atoms with E-state index in [0.29, 0.717) is 23.8 Å². The lowest BCUT2D eigenvalue weighted by Gasteiger charge is -2.22. The molecule has 0 aliphatic rings. The van der Waals surface area contributed by atoms with Crippen LogP contribution in [0, 0.1) is 0 Å². The zero-order valence-corrected chi connectivity index (χ0v) is 24.9. The number of amides is 1. The molecule has 0 atom stereocenters. The zero-order valence-electron chi connectivity index (χ0n) is 21.7. The van der Waals surface area contributed by atoms with E-state index in [1.165, 1.54) is 27.8 Å². The predicted octanol–water partition coefficient (Wildman–Crippen LogP) is 5.87. The Kier molecular flexibility index (Phi) is 9.32. The minimum atomic E-state index is -3.72. The van der Waals surface area contributed by atoms with Crippen molar-refractivity contribution in [2.75, 3.05) is 38.6 Å². The van der Waals surface area contributed by atoms with Gasteiger partial charge in [-0.3, -0.25) is 9.69 Å². The standard InChI is InChI=1S/C28H31BrN4O3S2/c1-4-32(20-21-9-6-5-7-10-21)38(35,36)24-14-11-22(12-15-24)27(34)33(18-8-17-31(2)3)28-30-25-16-13-23(29)19-26(25)37-28/h5-7,9-16,19H,4,8,17-18,20H2,1-3H3. The second kappa shape index (κ2) is 12.5. The fraction of sp³-hybridized carbons (Fsp3) is 0.286. The maximum Gasteiger partial charge on any atom is 0.260 e. The maximum absolute atomic E-state index is 13.7. The molecule has 0 saturated carbocycles. The summed E-state index contributed by atoms with van der Waals surface area (Å²) in [6, 6.07) is 21.6. The molecule has 4 rings (SSSR count). The van der Waals surface area contributed by atoms with Gasteiger partial charge in [0.25, 0.3) is 5.91 Å². The van der Waals surface area contributed by atoms with Gasteiger partial charge in [-0.2, -0.15) is 4.31 Å². The van der Waals surface area contributed by atoms with Crippen LogP contribution >= 0.6 is 27.3 Å². The molecular weight excluding hydrogens is 584 g/mol. The Balaban J connectivity index is 1.59. The normalized spacial score (nSPS) is 11.9. The number of carbonyl (C=O) groups is 1. The minimum Gasteiger partial charge on any atom is -0.309 e. The summed E-state index contributed by atoms with van der Waals surface area (Å²) in [5, 5.41) is 0.624. The Morgan fingerprint density at radius 1 is 0.974 bits per heavy atom. The summed E-state index contributed by atoms with van der Waals surface area (Å²) >= 11 is 4.96. The number of hydrogen-bond acceptors (Lipinski definition) is 6. The molecule has 0 bridgehead atoms. The number of aromatic nitrogens is 1. The van der Waals surface area contributed by atoms with Gasteiger partial charge in [-0.15, -0.1) is 0 Å². The summed E-state index contributed by atoms with van der Waals surface area (Å²) in [7, 11) is 0.275. The van der Waals surface area contributed by atoms with E-state index in [2.05, 4.69) is 20.8 Å². The number of sulfonamides is 1. The van der Waals surface area contributed by atoms with Gasteiger partial charge in [0.05, 0.1) is 15.1 Å². The average molecular weight is 616 g/mol. The first kappa shape index (κ1) is 28.4. The Bertz CT molecular complexity index is 1490. The molecule has 10 heteroatoms. The molecule has 7 nitrogen and oxygen atoms in total. The van der Waals surface area contributed by atoms with Crippen molar-refractivity contribution in [1.82, 2.24) is 14.2 Å². The second-order valence-corrected chi connectivity index (χ2v) is 13.0. The van der Waals surface area contributed by atoms with Crippen molar-refractivity contribution in [2.24, 2.45) is 0 Å². The molecule has 38 heavy (non-hydrogen) atoms. The Labute approximate surface area is 236 Å². The predicted molar refractivity (Wildman–Crippen MR) is 158 cm³/mol. The van der Waals surface area contributed by atoms with Crippen LogP contribution in [0.2, 0.25) is 0 Å². The topological polar surface area (TPSA) is 73.8 Å². The molecule has 0 aliphatic heterocycles. The highest BCUT2D eigenvalue weighted by atomic mass is 79.9. The average Bonchev–Trinajstić information content (AvgIpc) is 3.32. The van der Waals surface area contributed by atoms with Crippen molar-refractivity contribution in [1.29, 1.82) is 0 Å². The van der Waals surface area contributed by atoms with Crippen molar-refractivity contribution in [3.05, 3.63) is 88.4 Å². The number of fused-ring (bicyclic) bond motifs is 1. The summed E-state index contributed by atoms with van der Waals surface area (Å²) in [5.74, 6) is -0.206. The lowest BCUT2D eigenvalue weighted by molar-refractivity contribution is 0.0986. The van der Waals surface area contributed by atoms with Gasteiger partial charge in [-0.1, -0.05) is 64.5 Å². The monoisotopic (exact) mass is 614 g/mol. The number of anilines is 1. The van der Waals surface area contributed by atoms with E-state index in [4.69, 9.17) is 4.98 Å². The molecule has 0 aliphatic carbocycles. The van der Waals surface area contributed by atoms with Crippen LogP contribution in [0.5, 0.6) is 0 Å². The highest BCUT2D eigenvalue weighted by molar-refractivity contribution is 9.10. The van der Waals surface area contributed by atoms with Crippen molar-refractivity contribution in [3.63, 3.8) is 0 Å². The smallest absolute Gasteiger partial charge is 0.260 e. The molecule has 0 unspecified atom stereocenters. The van der Waals surface area contributed by atoms with Crippen LogP contribution in [0.3, 0.4) is 0 Å². The van der Waals surface area contributed by atoms with E-state index in [1.54, 1.807) is 17.0 Å². The third-order valence-electron chi connectivity index (χ3n) is 6.10. The molecule has 0 radical (unpaired) electrons. The number of nitrogens with zero attached hydrogens (tertiary/aromatic N) is 4. The molecule has 200 valence electrons. The Morgan fingerprint density at radius 2 is 1.68 bits per heavy atom. The number of thiazole rings is 1.